The summed E-state index contributed by atoms with van der Waals surface area (Å²) in [6.07, 6.45) is 0. The quantitative estimate of drug-likeness (QED) is 0.660. The van der Waals surface area contributed by atoms with Crippen LogP contribution in [0.2, 0.25) is 0 Å². The Morgan fingerprint density at radius 3 is 2.88 bits per heavy atom. The lowest BCUT2D eigenvalue weighted by atomic mass is 10.1. The first kappa shape index (κ1) is 10.7. The van der Waals surface area contributed by atoms with Crippen LogP contribution in [0, 0.1) is 0 Å². The number of hydrogen-bond acceptors (Lipinski definition) is 3. The van der Waals surface area contributed by atoms with Crippen LogP contribution in [-0.4, -0.2) is 30.5 Å². The van der Waals surface area contributed by atoms with Crippen LogP contribution >= 0.6 is 0 Å². The molecule has 0 radical (unpaired) electrons. The van der Waals surface area contributed by atoms with E-state index in [0.29, 0.717) is 19.1 Å². The Morgan fingerprint density at radius 1 is 1.44 bits per heavy atom. The molecule has 1 amide bonds. The lowest BCUT2D eigenvalue weighted by Gasteiger charge is -2.16. The third kappa shape index (κ3) is 1.91. The Kier molecular flexibility index (Phi) is 2.90. The summed E-state index contributed by atoms with van der Waals surface area (Å²) < 4.78 is 5.24. The zero-order valence-electron chi connectivity index (χ0n) is 9.43. The summed E-state index contributed by atoms with van der Waals surface area (Å²) in [7, 11) is 1.60. The molecule has 0 fully saturated rings. The Morgan fingerprint density at radius 2 is 2.19 bits per heavy atom. The number of carbonyl (C=O) groups is 1. The van der Waals surface area contributed by atoms with Crippen molar-refractivity contribution in [2.45, 2.75) is 13.5 Å². The van der Waals surface area contributed by atoms with Gasteiger partial charge in [-0.05, 0) is 11.6 Å². The van der Waals surface area contributed by atoms with Crippen molar-refractivity contribution >= 4 is 11.8 Å². The normalized spacial score (nSPS) is 14.9. The van der Waals surface area contributed by atoms with E-state index in [2.05, 4.69) is 4.99 Å². The van der Waals surface area contributed by atoms with Crippen molar-refractivity contribution in [3.63, 3.8) is 0 Å². The zero-order chi connectivity index (χ0) is 11.5. The highest BCUT2D eigenvalue weighted by atomic mass is 16.5. The third-order valence-electron chi connectivity index (χ3n) is 2.63. The van der Waals surface area contributed by atoms with Crippen LogP contribution in [0.1, 0.15) is 18.1 Å². The second-order valence-corrected chi connectivity index (χ2v) is 3.68. The molecule has 0 saturated carbocycles. The van der Waals surface area contributed by atoms with Crippen molar-refractivity contribution in [2.75, 3.05) is 13.8 Å². The first-order chi connectivity index (χ1) is 7.72. The van der Waals surface area contributed by atoms with E-state index in [1.807, 2.05) is 24.3 Å². The molecular weight excluding hydrogens is 204 g/mol. The highest BCUT2D eigenvalue weighted by Gasteiger charge is 2.18. The van der Waals surface area contributed by atoms with Gasteiger partial charge in [0.1, 0.15) is 6.67 Å². The molecule has 0 saturated heterocycles. The van der Waals surface area contributed by atoms with Crippen LogP contribution in [0.15, 0.2) is 29.3 Å². The molecule has 0 N–H and O–H groups in total. The van der Waals surface area contributed by atoms with Crippen molar-refractivity contribution < 1.29 is 9.53 Å². The summed E-state index contributed by atoms with van der Waals surface area (Å²) in [5.74, 6) is 0.621. The van der Waals surface area contributed by atoms with Gasteiger partial charge < -0.3 is 9.64 Å². The summed E-state index contributed by atoms with van der Waals surface area (Å²) in [5.41, 5.74) is 2.03. The number of rotatable bonds is 0. The number of benzene rings is 1. The van der Waals surface area contributed by atoms with Gasteiger partial charge in [-0.1, -0.05) is 18.2 Å². The predicted molar refractivity (Wildman–Crippen MR) is 61.1 cm³/mol. The number of nitrogens with zero attached hydrogens (tertiary/aromatic N) is 2. The fraction of sp³-hybridized carbons (Fsp3) is 0.333. The molecule has 84 valence electrons. The van der Waals surface area contributed by atoms with Crippen molar-refractivity contribution in [2.24, 2.45) is 4.99 Å². The lowest BCUT2D eigenvalue weighted by Crippen LogP contribution is -2.27. The third-order valence-corrected chi connectivity index (χ3v) is 2.63. The highest BCUT2D eigenvalue weighted by molar-refractivity contribution is 5.96. The number of fused-ring (bicyclic) bond motifs is 1. The molecule has 1 aromatic carbocycles. The summed E-state index contributed by atoms with van der Waals surface area (Å²) >= 11 is 0. The largest absolute Gasteiger partial charge is 0.481 e. The van der Waals surface area contributed by atoms with E-state index in [0.717, 1.165) is 11.1 Å². The number of hydrogen-bond donors (Lipinski definition) is 0. The average molecular weight is 218 g/mol. The maximum atomic E-state index is 11.4. The predicted octanol–water partition coefficient (Wildman–Crippen LogP) is 1.40. The molecule has 1 aromatic rings. The van der Waals surface area contributed by atoms with Crippen molar-refractivity contribution in [1.29, 1.82) is 0 Å². The van der Waals surface area contributed by atoms with Gasteiger partial charge in [-0.25, -0.2) is 4.99 Å². The molecule has 1 heterocycles. The van der Waals surface area contributed by atoms with Crippen molar-refractivity contribution in [3.05, 3.63) is 35.4 Å². The van der Waals surface area contributed by atoms with Gasteiger partial charge in [0.2, 0.25) is 11.8 Å². The minimum atomic E-state index is 0.0240. The monoisotopic (exact) mass is 218 g/mol. The van der Waals surface area contributed by atoms with E-state index in [9.17, 15) is 4.79 Å². The first-order valence-electron chi connectivity index (χ1n) is 5.14. The second-order valence-electron chi connectivity index (χ2n) is 3.68. The second kappa shape index (κ2) is 4.35. The summed E-state index contributed by atoms with van der Waals surface area (Å²) in [6.45, 7) is 2.49. The van der Waals surface area contributed by atoms with Gasteiger partial charge in [-0.3, -0.25) is 4.79 Å². The maximum Gasteiger partial charge on any atom is 0.221 e. The highest BCUT2D eigenvalue weighted by Crippen LogP contribution is 2.17. The van der Waals surface area contributed by atoms with E-state index in [4.69, 9.17) is 4.74 Å². The molecule has 0 aliphatic carbocycles. The summed E-state index contributed by atoms with van der Waals surface area (Å²) in [4.78, 5) is 17.3. The minimum absolute atomic E-state index is 0.0240. The van der Waals surface area contributed by atoms with Crippen molar-refractivity contribution in [3.8, 4) is 0 Å². The van der Waals surface area contributed by atoms with Gasteiger partial charge in [-0.15, -0.1) is 0 Å². The van der Waals surface area contributed by atoms with E-state index < -0.39 is 0 Å². The molecule has 1 aliphatic rings. The number of amides is 1. The Labute approximate surface area is 94.5 Å². The van der Waals surface area contributed by atoms with Gasteiger partial charge in [0, 0.05) is 19.0 Å². The Balaban J connectivity index is 2.43. The van der Waals surface area contributed by atoms with Gasteiger partial charge in [0.05, 0.1) is 7.11 Å². The van der Waals surface area contributed by atoms with Crippen LogP contribution in [0.5, 0.6) is 0 Å². The molecule has 4 heteroatoms. The topological polar surface area (TPSA) is 41.9 Å². The zero-order valence-corrected chi connectivity index (χ0v) is 9.43. The van der Waals surface area contributed by atoms with Crippen molar-refractivity contribution in [1.82, 2.24) is 4.90 Å². The molecule has 0 atom stereocenters. The number of ether oxygens (including phenoxy) is 1. The average Bonchev–Trinajstić information content (AvgIpc) is 2.47. The number of carbonyl (C=O) groups excluding carboxylic acids is 1. The smallest absolute Gasteiger partial charge is 0.221 e. The van der Waals surface area contributed by atoms with E-state index in [-0.39, 0.29) is 5.91 Å². The van der Waals surface area contributed by atoms with Gasteiger partial charge >= 0.3 is 0 Å². The summed E-state index contributed by atoms with van der Waals surface area (Å²) in [5, 5.41) is 0. The molecule has 4 nitrogen and oxygen atoms in total. The van der Waals surface area contributed by atoms with Crippen LogP contribution in [0.3, 0.4) is 0 Å². The van der Waals surface area contributed by atoms with Crippen LogP contribution in [-0.2, 0) is 16.1 Å². The van der Waals surface area contributed by atoms with Gasteiger partial charge in [0.15, 0.2) is 0 Å². The van der Waals surface area contributed by atoms with E-state index in [1.54, 1.807) is 18.9 Å². The molecule has 16 heavy (non-hydrogen) atoms. The molecule has 1 aliphatic heterocycles. The standard InChI is InChI=1S/C12H14N2O2/c1-9(15)14-7-10-5-3-4-6-11(10)12(16-2)13-8-14/h3-6H,7-8H2,1-2H3. The molecule has 0 aromatic heterocycles. The fourth-order valence-electron chi connectivity index (χ4n) is 1.74. The molecule has 0 spiro atoms. The number of methoxy groups -OCH3 is 1. The Bertz CT molecular complexity index is 440. The van der Waals surface area contributed by atoms with Gasteiger partial charge in [0.25, 0.3) is 0 Å². The van der Waals surface area contributed by atoms with E-state index in [1.165, 1.54) is 0 Å². The van der Waals surface area contributed by atoms with Gasteiger partial charge in [-0.2, -0.15) is 0 Å². The Hall–Kier alpha value is -1.84. The maximum absolute atomic E-state index is 11.4. The number of aliphatic imine (C=N–C) groups is 1. The molecule has 0 unspecified atom stereocenters. The SMILES string of the molecule is COC1=NCN(C(C)=O)Cc2ccccc21. The molecule has 2 rings (SSSR count). The van der Waals surface area contributed by atoms with Crippen LogP contribution in [0.4, 0.5) is 0 Å². The fourth-order valence-corrected chi connectivity index (χ4v) is 1.74. The van der Waals surface area contributed by atoms with Crippen LogP contribution in [0.25, 0.3) is 0 Å². The lowest BCUT2D eigenvalue weighted by molar-refractivity contribution is -0.129. The minimum Gasteiger partial charge on any atom is -0.481 e. The van der Waals surface area contributed by atoms with E-state index >= 15 is 0 Å². The van der Waals surface area contributed by atoms with Crippen LogP contribution < -0.4 is 0 Å². The summed E-state index contributed by atoms with van der Waals surface area (Å²) in [6, 6.07) is 7.85. The molecular formula is C12H14N2O2. The first-order valence-corrected chi connectivity index (χ1v) is 5.14. The molecule has 0 bridgehead atoms.